The van der Waals surface area contributed by atoms with Crippen LogP contribution in [0.15, 0.2) is 66.0 Å². The summed E-state index contributed by atoms with van der Waals surface area (Å²) in [6.07, 6.45) is 7.43. The van der Waals surface area contributed by atoms with Crippen molar-refractivity contribution in [2.24, 2.45) is 0 Å². The highest BCUT2D eigenvalue weighted by Gasteiger charge is 2.27. The van der Waals surface area contributed by atoms with Crippen LogP contribution in [0.1, 0.15) is 16.5 Å². The number of fused-ring (bicyclic) bond motifs is 2. The van der Waals surface area contributed by atoms with Gasteiger partial charge in [-0.25, -0.2) is 0 Å². The summed E-state index contributed by atoms with van der Waals surface area (Å²) in [5.41, 5.74) is 3.47. The summed E-state index contributed by atoms with van der Waals surface area (Å²) >= 11 is 1.80. The van der Waals surface area contributed by atoms with Gasteiger partial charge >= 0.3 is 0 Å². The lowest BCUT2D eigenvalue weighted by Gasteiger charge is -2.14. The molecule has 1 aromatic heterocycles. The molecule has 1 atom stereocenters. The summed E-state index contributed by atoms with van der Waals surface area (Å²) in [7, 11) is 0. The molecule has 0 aliphatic carbocycles. The van der Waals surface area contributed by atoms with Crippen LogP contribution in [0.2, 0.25) is 0 Å². The fourth-order valence-corrected chi connectivity index (χ4v) is 3.53. The number of benzene rings is 1. The van der Waals surface area contributed by atoms with Gasteiger partial charge in [0.25, 0.3) is 0 Å². The van der Waals surface area contributed by atoms with Gasteiger partial charge in [0.2, 0.25) is 0 Å². The molecule has 4 heteroatoms. The average Bonchev–Trinajstić information content (AvgIpc) is 2.85. The van der Waals surface area contributed by atoms with Gasteiger partial charge in [0.1, 0.15) is 11.1 Å². The normalized spacial score (nSPS) is 19.7. The van der Waals surface area contributed by atoms with Crippen molar-refractivity contribution in [1.29, 1.82) is 0 Å². The number of thioether (sulfide) groups is 1. The quantitative estimate of drug-likeness (QED) is 0.864. The Balaban J connectivity index is 1.73. The van der Waals surface area contributed by atoms with E-state index in [1.165, 1.54) is 10.5 Å². The van der Waals surface area contributed by atoms with Crippen molar-refractivity contribution < 1.29 is 4.74 Å². The lowest BCUT2D eigenvalue weighted by atomic mass is 10.1. The number of hydrogen-bond donors (Lipinski definition) is 1. The van der Waals surface area contributed by atoms with E-state index in [1.54, 1.807) is 18.0 Å². The molecular formula is C16H12N2OS. The van der Waals surface area contributed by atoms with Crippen LogP contribution in [0.25, 0.3) is 5.70 Å². The maximum absolute atomic E-state index is 5.64. The van der Waals surface area contributed by atoms with Crippen molar-refractivity contribution in [2.45, 2.75) is 5.37 Å². The molecule has 2 aliphatic rings. The van der Waals surface area contributed by atoms with Crippen LogP contribution < -0.4 is 10.1 Å². The van der Waals surface area contributed by atoms with Gasteiger partial charge in [-0.2, -0.15) is 0 Å². The van der Waals surface area contributed by atoms with Gasteiger partial charge in [0.05, 0.1) is 12.0 Å². The molecule has 0 bridgehead atoms. The van der Waals surface area contributed by atoms with Crippen molar-refractivity contribution in [2.75, 3.05) is 0 Å². The van der Waals surface area contributed by atoms with E-state index in [2.05, 4.69) is 16.4 Å². The maximum atomic E-state index is 5.64. The standard InChI is InChI=1S/C16H12N2OS/c1-2-4-13-12(3-1)15-14(7-10-19-13)20-16(18-15)11-5-8-17-9-6-11/h1-10,16,18H. The largest absolute Gasteiger partial charge is 0.464 e. The van der Waals surface area contributed by atoms with Crippen molar-refractivity contribution in [3.63, 3.8) is 0 Å². The summed E-state index contributed by atoms with van der Waals surface area (Å²) in [4.78, 5) is 5.28. The minimum absolute atomic E-state index is 0.221. The topological polar surface area (TPSA) is 34.2 Å². The van der Waals surface area contributed by atoms with Crippen molar-refractivity contribution in [1.82, 2.24) is 10.3 Å². The summed E-state index contributed by atoms with van der Waals surface area (Å²) in [5, 5.41) is 3.81. The van der Waals surface area contributed by atoms with E-state index in [1.807, 2.05) is 48.8 Å². The van der Waals surface area contributed by atoms with Crippen LogP contribution in [-0.4, -0.2) is 4.98 Å². The van der Waals surface area contributed by atoms with Gasteiger partial charge in [0, 0.05) is 22.9 Å². The zero-order valence-corrected chi connectivity index (χ0v) is 11.4. The predicted octanol–water partition coefficient (Wildman–Crippen LogP) is 3.69. The van der Waals surface area contributed by atoms with Crippen LogP contribution in [-0.2, 0) is 0 Å². The minimum atomic E-state index is 0.221. The summed E-state index contributed by atoms with van der Waals surface area (Å²) in [6.45, 7) is 0. The highest BCUT2D eigenvalue weighted by atomic mass is 32.2. The molecule has 2 aliphatic heterocycles. The second kappa shape index (κ2) is 4.72. The number of para-hydroxylation sites is 1. The summed E-state index contributed by atoms with van der Waals surface area (Å²) < 4.78 is 5.64. The number of allylic oxidation sites excluding steroid dienone is 1. The molecule has 0 saturated heterocycles. The third kappa shape index (κ3) is 1.89. The summed E-state index contributed by atoms with van der Waals surface area (Å²) in [5.74, 6) is 0.886. The Morgan fingerprint density at radius 1 is 1.10 bits per heavy atom. The van der Waals surface area contributed by atoms with Crippen LogP contribution in [0.4, 0.5) is 0 Å². The molecule has 0 amide bonds. The van der Waals surface area contributed by atoms with Gasteiger partial charge < -0.3 is 10.1 Å². The third-order valence-corrected chi connectivity index (χ3v) is 4.57. The number of ether oxygens (including phenoxy) is 1. The number of pyridine rings is 1. The maximum Gasteiger partial charge on any atom is 0.135 e. The molecule has 3 heterocycles. The van der Waals surface area contributed by atoms with Gasteiger partial charge in [0.15, 0.2) is 0 Å². The van der Waals surface area contributed by atoms with Crippen molar-refractivity contribution in [3.8, 4) is 5.75 Å². The molecular weight excluding hydrogens is 268 g/mol. The van der Waals surface area contributed by atoms with Gasteiger partial charge in [-0.05, 0) is 35.9 Å². The SMILES string of the molecule is C1=CC2=C(NC(c3ccncc3)S2)c2ccccc2O1. The predicted molar refractivity (Wildman–Crippen MR) is 80.8 cm³/mol. The molecule has 0 fully saturated rings. The Morgan fingerprint density at radius 3 is 2.85 bits per heavy atom. The lowest BCUT2D eigenvalue weighted by molar-refractivity contribution is 0.480. The van der Waals surface area contributed by atoms with Gasteiger partial charge in [-0.3, -0.25) is 4.98 Å². The fourth-order valence-electron chi connectivity index (χ4n) is 2.39. The molecule has 0 radical (unpaired) electrons. The van der Waals surface area contributed by atoms with E-state index >= 15 is 0 Å². The zero-order valence-electron chi connectivity index (χ0n) is 10.6. The molecule has 1 unspecified atom stereocenters. The first-order valence-electron chi connectivity index (χ1n) is 6.42. The summed E-state index contributed by atoms with van der Waals surface area (Å²) in [6, 6.07) is 12.2. The lowest BCUT2D eigenvalue weighted by Crippen LogP contribution is -2.12. The Kier molecular flexibility index (Phi) is 2.74. The highest BCUT2D eigenvalue weighted by molar-refractivity contribution is 8.04. The Labute approximate surface area is 121 Å². The smallest absolute Gasteiger partial charge is 0.135 e. The van der Waals surface area contributed by atoms with E-state index in [0.717, 1.165) is 17.0 Å². The Bertz CT molecular complexity index is 709. The molecule has 3 nitrogen and oxygen atoms in total. The second-order valence-electron chi connectivity index (χ2n) is 4.58. The highest BCUT2D eigenvalue weighted by Crippen LogP contribution is 2.46. The zero-order chi connectivity index (χ0) is 13.4. The van der Waals surface area contributed by atoms with Gasteiger partial charge in [-0.15, -0.1) is 0 Å². The average molecular weight is 280 g/mol. The van der Waals surface area contributed by atoms with E-state index in [0.29, 0.717) is 0 Å². The molecule has 1 N–H and O–H groups in total. The van der Waals surface area contributed by atoms with Crippen LogP contribution in [0, 0.1) is 0 Å². The molecule has 1 aromatic carbocycles. The number of aromatic nitrogens is 1. The van der Waals surface area contributed by atoms with Crippen LogP contribution in [0.3, 0.4) is 0 Å². The number of nitrogens with zero attached hydrogens (tertiary/aromatic N) is 1. The van der Waals surface area contributed by atoms with Crippen molar-refractivity contribution >= 4 is 17.5 Å². The number of rotatable bonds is 1. The molecule has 4 rings (SSSR count). The fraction of sp³-hybridized carbons (Fsp3) is 0.0625. The molecule has 20 heavy (non-hydrogen) atoms. The third-order valence-electron chi connectivity index (χ3n) is 3.35. The number of hydrogen-bond acceptors (Lipinski definition) is 4. The first kappa shape index (κ1) is 11.6. The van der Waals surface area contributed by atoms with Crippen molar-refractivity contribution in [3.05, 3.63) is 77.2 Å². The van der Waals surface area contributed by atoms with E-state index in [4.69, 9.17) is 4.74 Å². The molecule has 2 aromatic rings. The minimum Gasteiger partial charge on any atom is -0.464 e. The second-order valence-corrected chi connectivity index (χ2v) is 5.73. The Hall–Kier alpha value is -2.20. The van der Waals surface area contributed by atoms with E-state index in [9.17, 15) is 0 Å². The first-order chi connectivity index (χ1) is 9.92. The molecule has 98 valence electrons. The van der Waals surface area contributed by atoms with Gasteiger partial charge in [-0.1, -0.05) is 23.9 Å². The van der Waals surface area contributed by atoms with E-state index < -0.39 is 0 Å². The van der Waals surface area contributed by atoms with Crippen LogP contribution >= 0.6 is 11.8 Å². The molecule has 0 saturated carbocycles. The monoisotopic (exact) mass is 280 g/mol. The van der Waals surface area contributed by atoms with E-state index in [-0.39, 0.29) is 5.37 Å². The number of nitrogens with one attached hydrogen (secondary N) is 1. The van der Waals surface area contributed by atoms with Crippen LogP contribution in [0.5, 0.6) is 5.75 Å². The Morgan fingerprint density at radius 2 is 1.95 bits per heavy atom. The first-order valence-corrected chi connectivity index (χ1v) is 7.30. The molecule has 0 spiro atoms.